The van der Waals surface area contributed by atoms with Gasteiger partial charge < -0.3 is 15.0 Å². The summed E-state index contributed by atoms with van der Waals surface area (Å²) in [5.74, 6) is 0.769. The van der Waals surface area contributed by atoms with Crippen LogP contribution in [0, 0.1) is 25.2 Å². The molecule has 1 saturated carbocycles. The second kappa shape index (κ2) is 7.79. The number of fused-ring (bicyclic) bond motifs is 2. The van der Waals surface area contributed by atoms with E-state index in [9.17, 15) is 9.18 Å². The van der Waals surface area contributed by atoms with Crippen molar-refractivity contribution in [3.63, 3.8) is 0 Å². The minimum Gasteiger partial charge on any atom is -0.490 e. The van der Waals surface area contributed by atoms with Crippen LogP contribution in [0.2, 0.25) is 0 Å². The Labute approximate surface area is 184 Å². The minimum atomic E-state index is -0.573. The van der Waals surface area contributed by atoms with Crippen molar-refractivity contribution in [3.8, 4) is 5.75 Å². The van der Waals surface area contributed by atoms with Crippen molar-refractivity contribution in [1.82, 2.24) is 19.9 Å². The zero-order valence-corrected chi connectivity index (χ0v) is 17.9. The molecule has 164 valence electrons. The summed E-state index contributed by atoms with van der Waals surface area (Å²) in [5, 5.41) is 7.31. The van der Waals surface area contributed by atoms with Gasteiger partial charge in [-0.3, -0.25) is 4.79 Å². The molecule has 32 heavy (non-hydrogen) atoms. The van der Waals surface area contributed by atoms with Crippen LogP contribution in [0.25, 0.3) is 10.5 Å². The van der Waals surface area contributed by atoms with Gasteiger partial charge in [-0.05, 0) is 50.8 Å². The van der Waals surface area contributed by atoms with E-state index < -0.39 is 5.82 Å². The van der Waals surface area contributed by atoms with E-state index in [0.29, 0.717) is 40.0 Å². The molecule has 8 nitrogen and oxygen atoms in total. The quantitative estimate of drug-likeness (QED) is 0.623. The monoisotopic (exact) mass is 434 g/mol. The van der Waals surface area contributed by atoms with E-state index in [1.165, 1.54) is 6.07 Å². The van der Waals surface area contributed by atoms with Crippen molar-refractivity contribution in [2.75, 3.05) is 18.0 Å². The largest absolute Gasteiger partial charge is 0.490 e. The lowest BCUT2D eigenvalue weighted by atomic mass is 10.1. The number of aromatic nitrogens is 3. The number of hydrogen-bond acceptors (Lipinski definition) is 5. The Kier molecular flexibility index (Phi) is 4.93. The highest BCUT2D eigenvalue weighted by atomic mass is 19.1. The van der Waals surface area contributed by atoms with Crippen LogP contribution in [-0.2, 0) is 6.54 Å². The molecule has 1 amide bonds. The summed E-state index contributed by atoms with van der Waals surface area (Å²) in [6, 6.07) is 4.65. The zero-order valence-electron chi connectivity index (χ0n) is 17.9. The first-order chi connectivity index (χ1) is 15.4. The lowest BCUT2D eigenvalue weighted by Crippen LogP contribution is -2.34. The number of halogens is 1. The zero-order chi connectivity index (χ0) is 22.4. The molecule has 3 aromatic rings. The molecule has 2 aliphatic rings. The third-order valence-corrected chi connectivity index (χ3v) is 5.90. The molecule has 5 rings (SSSR count). The molecule has 1 aliphatic heterocycles. The standard InChI is InChI=1S/C23H23FN6O2/c1-13-10-26-23(31)20-14(2)28-30-9-8-19(27-22(20)30)29(11-15-4-5-15)12-16-18(32-13)7-6-17(24)21(16)25-3/h6-9,13,15H,4-5,10-12H2,1-2H3,(H,26,31)/t13-/m0/s1. The number of ether oxygens (including phenoxy) is 1. The third-order valence-electron chi connectivity index (χ3n) is 5.90. The van der Waals surface area contributed by atoms with Gasteiger partial charge in [-0.15, -0.1) is 0 Å². The summed E-state index contributed by atoms with van der Waals surface area (Å²) in [6.07, 6.45) is 3.64. The smallest absolute Gasteiger partial charge is 0.257 e. The molecular formula is C23H23FN6O2. The normalized spacial score (nSPS) is 18.8. The summed E-state index contributed by atoms with van der Waals surface area (Å²) in [4.78, 5) is 23.2. The van der Waals surface area contributed by atoms with Crippen LogP contribution in [-0.4, -0.2) is 39.7 Å². The Morgan fingerprint density at radius 3 is 2.91 bits per heavy atom. The summed E-state index contributed by atoms with van der Waals surface area (Å²) in [6.45, 7) is 12.4. The van der Waals surface area contributed by atoms with E-state index in [2.05, 4.69) is 15.3 Å². The van der Waals surface area contributed by atoms with Gasteiger partial charge in [-0.2, -0.15) is 5.10 Å². The van der Waals surface area contributed by atoms with Crippen molar-refractivity contribution in [2.45, 2.75) is 39.3 Å². The number of benzene rings is 1. The first-order valence-corrected chi connectivity index (χ1v) is 10.7. The number of carbonyl (C=O) groups is 1. The van der Waals surface area contributed by atoms with Crippen molar-refractivity contribution in [2.24, 2.45) is 5.92 Å². The number of nitrogens with zero attached hydrogens (tertiary/aromatic N) is 5. The van der Waals surface area contributed by atoms with Crippen molar-refractivity contribution in [1.29, 1.82) is 0 Å². The minimum absolute atomic E-state index is 0.0450. The molecule has 1 aliphatic carbocycles. The molecule has 3 heterocycles. The van der Waals surface area contributed by atoms with E-state index in [1.54, 1.807) is 23.7 Å². The van der Waals surface area contributed by atoms with E-state index in [-0.39, 0.29) is 30.8 Å². The summed E-state index contributed by atoms with van der Waals surface area (Å²) >= 11 is 0. The molecule has 2 bridgehead atoms. The Bertz CT molecular complexity index is 1260. The molecule has 0 unspecified atom stereocenters. The number of rotatable bonds is 2. The van der Waals surface area contributed by atoms with Crippen molar-refractivity contribution < 1.29 is 13.9 Å². The fraction of sp³-hybridized carbons (Fsp3) is 0.391. The number of hydrogen-bond donors (Lipinski definition) is 1. The molecular weight excluding hydrogens is 411 g/mol. The van der Waals surface area contributed by atoms with Gasteiger partial charge in [-0.1, -0.05) is 0 Å². The number of anilines is 1. The number of carbonyl (C=O) groups excluding carboxylic acids is 1. The highest BCUT2D eigenvalue weighted by Gasteiger charge is 2.29. The van der Waals surface area contributed by atoms with Crippen LogP contribution in [0.5, 0.6) is 5.75 Å². The van der Waals surface area contributed by atoms with Crippen LogP contribution in [0.15, 0.2) is 24.4 Å². The van der Waals surface area contributed by atoms with Gasteiger partial charge in [0.05, 0.1) is 18.8 Å². The van der Waals surface area contributed by atoms with Gasteiger partial charge in [0.1, 0.15) is 29.1 Å². The molecule has 0 radical (unpaired) electrons. The lowest BCUT2D eigenvalue weighted by molar-refractivity contribution is 0.0933. The lowest BCUT2D eigenvalue weighted by Gasteiger charge is -2.26. The van der Waals surface area contributed by atoms with Crippen LogP contribution in [0.3, 0.4) is 0 Å². The average Bonchev–Trinajstić information content (AvgIpc) is 3.52. The van der Waals surface area contributed by atoms with Gasteiger partial charge in [0, 0.05) is 24.8 Å². The fourth-order valence-corrected chi connectivity index (χ4v) is 4.07. The van der Waals surface area contributed by atoms with E-state index in [0.717, 1.165) is 19.4 Å². The average molecular weight is 434 g/mol. The number of aryl methyl sites for hydroxylation is 1. The predicted molar refractivity (Wildman–Crippen MR) is 117 cm³/mol. The van der Waals surface area contributed by atoms with Crippen LogP contribution in [0.1, 0.15) is 41.4 Å². The summed E-state index contributed by atoms with van der Waals surface area (Å²) in [7, 11) is 0. The van der Waals surface area contributed by atoms with Crippen molar-refractivity contribution >= 4 is 23.1 Å². The Hall–Kier alpha value is -3.67. The van der Waals surface area contributed by atoms with Gasteiger partial charge in [-0.25, -0.2) is 18.7 Å². The van der Waals surface area contributed by atoms with Crippen LogP contribution >= 0.6 is 0 Å². The molecule has 1 N–H and O–H groups in total. The van der Waals surface area contributed by atoms with Gasteiger partial charge in [0.15, 0.2) is 5.65 Å². The molecule has 2 aromatic heterocycles. The highest BCUT2D eigenvalue weighted by Crippen LogP contribution is 2.37. The Morgan fingerprint density at radius 1 is 1.34 bits per heavy atom. The molecule has 1 atom stereocenters. The van der Waals surface area contributed by atoms with Gasteiger partial charge in [0.2, 0.25) is 5.69 Å². The van der Waals surface area contributed by atoms with E-state index >= 15 is 0 Å². The second-order valence-electron chi connectivity index (χ2n) is 8.46. The predicted octanol–water partition coefficient (Wildman–Crippen LogP) is 3.65. The topological polar surface area (TPSA) is 76.1 Å². The maximum absolute atomic E-state index is 14.5. The molecule has 1 fully saturated rings. The summed E-state index contributed by atoms with van der Waals surface area (Å²) in [5.41, 5.74) is 1.93. The highest BCUT2D eigenvalue weighted by molar-refractivity contribution is 6.01. The van der Waals surface area contributed by atoms with Crippen LogP contribution in [0.4, 0.5) is 15.9 Å². The van der Waals surface area contributed by atoms with Gasteiger partial charge in [0.25, 0.3) is 5.91 Å². The first-order valence-electron chi connectivity index (χ1n) is 10.7. The summed E-state index contributed by atoms with van der Waals surface area (Å²) < 4.78 is 22.2. The third kappa shape index (κ3) is 3.62. The van der Waals surface area contributed by atoms with Crippen molar-refractivity contribution in [3.05, 3.63) is 58.5 Å². The van der Waals surface area contributed by atoms with E-state index in [1.807, 2.05) is 17.9 Å². The SMILES string of the molecule is [C-]#[N+]c1c(F)ccc2c1CN(CC1CC1)c1ccn3nc(C)c(c3n1)C(=O)NC[C@H](C)O2. The molecule has 0 spiro atoms. The maximum atomic E-state index is 14.5. The Morgan fingerprint density at radius 2 is 2.16 bits per heavy atom. The number of nitrogens with one attached hydrogen (secondary N) is 1. The maximum Gasteiger partial charge on any atom is 0.257 e. The molecule has 9 heteroatoms. The van der Waals surface area contributed by atoms with Crippen LogP contribution < -0.4 is 15.0 Å². The second-order valence-corrected chi connectivity index (χ2v) is 8.46. The Balaban J connectivity index is 1.69. The first kappa shape index (κ1) is 20.2. The number of amides is 1. The molecule has 1 aromatic carbocycles. The molecule has 0 saturated heterocycles. The van der Waals surface area contributed by atoms with E-state index in [4.69, 9.17) is 16.3 Å². The fourth-order valence-electron chi connectivity index (χ4n) is 4.07. The van der Waals surface area contributed by atoms with Gasteiger partial charge >= 0.3 is 0 Å².